The molecule has 20 heavy (non-hydrogen) atoms. The molecule has 0 bridgehead atoms. The van der Waals surface area contributed by atoms with Crippen LogP contribution in [-0.2, 0) is 5.33 Å². The number of hydrogen-bond donors (Lipinski definition) is 0. The number of methoxy groups -OCH3 is 1. The van der Waals surface area contributed by atoms with Crippen LogP contribution in [0, 0.1) is 0 Å². The molecular formula is C16H17BrO3. The Bertz CT molecular complexity index is 493. The van der Waals surface area contributed by atoms with Crippen LogP contribution in [0.2, 0.25) is 0 Å². The molecule has 4 heteroatoms. The third-order valence-electron chi connectivity index (χ3n) is 2.78. The number of para-hydroxylation sites is 3. The molecule has 0 atom stereocenters. The fraction of sp³-hybridized carbons (Fsp3) is 0.250. The van der Waals surface area contributed by atoms with Gasteiger partial charge in [0, 0.05) is 10.9 Å². The second-order valence-corrected chi connectivity index (χ2v) is 4.65. The van der Waals surface area contributed by atoms with Crippen molar-refractivity contribution in [2.24, 2.45) is 0 Å². The van der Waals surface area contributed by atoms with Crippen LogP contribution in [0.1, 0.15) is 5.56 Å². The van der Waals surface area contributed by atoms with E-state index < -0.39 is 0 Å². The Hall–Kier alpha value is -1.68. The van der Waals surface area contributed by atoms with Crippen LogP contribution >= 0.6 is 15.9 Å². The van der Waals surface area contributed by atoms with Crippen molar-refractivity contribution >= 4 is 15.9 Å². The second kappa shape index (κ2) is 7.80. The fourth-order valence-electron chi connectivity index (χ4n) is 1.80. The smallest absolute Gasteiger partial charge is 0.161 e. The zero-order valence-electron chi connectivity index (χ0n) is 11.3. The third kappa shape index (κ3) is 3.90. The van der Waals surface area contributed by atoms with Gasteiger partial charge in [-0.1, -0.05) is 46.3 Å². The van der Waals surface area contributed by atoms with Crippen molar-refractivity contribution in [2.45, 2.75) is 5.33 Å². The van der Waals surface area contributed by atoms with Crippen LogP contribution in [0.15, 0.2) is 48.5 Å². The van der Waals surface area contributed by atoms with Gasteiger partial charge < -0.3 is 14.2 Å². The minimum absolute atomic E-state index is 0.469. The summed E-state index contributed by atoms with van der Waals surface area (Å²) in [6, 6.07) is 15.5. The van der Waals surface area contributed by atoms with Gasteiger partial charge in [-0.15, -0.1) is 0 Å². The van der Waals surface area contributed by atoms with Gasteiger partial charge in [0.1, 0.15) is 19.0 Å². The van der Waals surface area contributed by atoms with Crippen LogP contribution in [0.5, 0.6) is 17.2 Å². The van der Waals surface area contributed by atoms with Crippen molar-refractivity contribution in [1.29, 1.82) is 0 Å². The van der Waals surface area contributed by atoms with Crippen molar-refractivity contribution in [3.8, 4) is 17.2 Å². The van der Waals surface area contributed by atoms with E-state index >= 15 is 0 Å². The Kier molecular flexibility index (Phi) is 5.74. The van der Waals surface area contributed by atoms with Crippen molar-refractivity contribution in [3.63, 3.8) is 0 Å². The summed E-state index contributed by atoms with van der Waals surface area (Å²) in [5, 5.41) is 0.774. The number of halogens is 1. The highest BCUT2D eigenvalue weighted by molar-refractivity contribution is 9.08. The average molecular weight is 337 g/mol. The zero-order valence-corrected chi connectivity index (χ0v) is 12.9. The summed E-state index contributed by atoms with van der Waals surface area (Å²) in [5.74, 6) is 2.34. The van der Waals surface area contributed by atoms with Crippen molar-refractivity contribution in [1.82, 2.24) is 0 Å². The number of alkyl halides is 1. The number of hydrogen-bond acceptors (Lipinski definition) is 3. The second-order valence-electron chi connectivity index (χ2n) is 4.09. The predicted molar refractivity (Wildman–Crippen MR) is 83.1 cm³/mol. The van der Waals surface area contributed by atoms with E-state index in [0.29, 0.717) is 13.2 Å². The first-order valence-electron chi connectivity index (χ1n) is 6.37. The van der Waals surface area contributed by atoms with Gasteiger partial charge in [-0.3, -0.25) is 0 Å². The Morgan fingerprint density at radius 1 is 0.800 bits per heavy atom. The summed E-state index contributed by atoms with van der Waals surface area (Å²) >= 11 is 3.45. The van der Waals surface area contributed by atoms with Crippen LogP contribution in [0.4, 0.5) is 0 Å². The maximum atomic E-state index is 5.73. The minimum atomic E-state index is 0.469. The summed E-state index contributed by atoms with van der Waals surface area (Å²) in [5.41, 5.74) is 1.13. The number of ether oxygens (including phenoxy) is 3. The first-order valence-corrected chi connectivity index (χ1v) is 7.49. The van der Waals surface area contributed by atoms with Gasteiger partial charge in [0.05, 0.1) is 7.11 Å². The molecule has 0 aliphatic heterocycles. The molecule has 0 amide bonds. The maximum Gasteiger partial charge on any atom is 0.161 e. The van der Waals surface area contributed by atoms with E-state index in [9.17, 15) is 0 Å². The molecule has 2 rings (SSSR count). The Balaban J connectivity index is 1.84. The predicted octanol–water partition coefficient (Wildman–Crippen LogP) is 4.05. The highest BCUT2D eigenvalue weighted by Gasteiger charge is 2.04. The lowest BCUT2D eigenvalue weighted by molar-refractivity contribution is 0.210. The quantitative estimate of drug-likeness (QED) is 0.564. The fourth-order valence-corrected chi connectivity index (χ4v) is 2.26. The van der Waals surface area contributed by atoms with Gasteiger partial charge in [-0.05, 0) is 18.2 Å². The maximum absolute atomic E-state index is 5.73. The highest BCUT2D eigenvalue weighted by atomic mass is 79.9. The van der Waals surface area contributed by atoms with E-state index in [4.69, 9.17) is 14.2 Å². The standard InChI is InChI=1S/C16H17BrO3/c1-18-15-8-4-5-9-16(15)20-11-10-19-14-7-3-2-6-13(14)12-17/h2-9H,10-12H2,1H3. The average Bonchev–Trinajstić information content (AvgIpc) is 2.52. The van der Waals surface area contributed by atoms with E-state index in [-0.39, 0.29) is 0 Å². The normalized spacial score (nSPS) is 10.1. The molecule has 0 aliphatic rings. The molecule has 2 aromatic carbocycles. The topological polar surface area (TPSA) is 27.7 Å². The Morgan fingerprint density at radius 3 is 2.00 bits per heavy atom. The highest BCUT2D eigenvalue weighted by Crippen LogP contribution is 2.25. The molecule has 106 valence electrons. The van der Waals surface area contributed by atoms with Crippen molar-refractivity contribution < 1.29 is 14.2 Å². The Labute approximate surface area is 127 Å². The van der Waals surface area contributed by atoms with Crippen LogP contribution in [0.3, 0.4) is 0 Å². The van der Waals surface area contributed by atoms with Crippen molar-refractivity contribution in [2.75, 3.05) is 20.3 Å². The summed E-state index contributed by atoms with van der Waals surface area (Å²) in [6.45, 7) is 0.957. The molecular weight excluding hydrogens is 320 g/mol. The lowest BCUT2D eigenvalue weighted by Crippen LogP contribution is -2.10. The number of benzene rings is 2. The van der Waals surface area contributed by atoms with Gasteiger partial charge in [0.15, 0.2) is 11.5 Å². The van der Waals surface area contributed by atoms with E-state index in [1.807, 2.05) is 48.5 Å². The molecule has 0 aromatic heterocycles. The molecule has 3 nitrogen and oxygen atoms in total. The summed E-state index contributed by atoms with van der Waals surface area (Å²) in [4.78, 5) is 0. The van der Waals surface area contributed by atoms with Gasteiger partial charge in [-0.25, -0.2) is 0 Å². The van der Waals surface area contributed by atoms with Gasteiger partial charge >= 0.3 is 0 Å². The van der Waals surface area contributed by atoms with Crippen molar-refractivity contribution in [3.05, 3.63) is 54.1 Å². The lowest BCUT2D eigenvalue weighted by atomic mass is 10.2. The molecule has 0 unspecified atom stereocenters. The van der Waals surface area contributed by atoms with Crippen LogP contribution < -0.4 is 14.2 Å². The monoisotopic (exact) mass is 336 g/mol. The minimum Gasteiger partial charge on any atom is -0.493 e. The SMILES string of the molecule is COc1ccccc1OCCOc1ccccc1CBr. The van der Waals surface area contributed by atoms with Gasteiger partial charge in [0.2, 0.25) is 0 Å². The molecule has 0 aliphatic carbocycles. The molecule has 0 fully saturated rings. The largest absolute Gasteiger partial charge is 0.493 e. The lowest BCUT2D eigenvalue weighted by Gasteiger charge is -2.12. The van der Waals surface area contributed by atoms with E-state index in [0.717, 1.165) is 28.1 Å². The first kappa shape index (κ1) is 14.7. The molecule has 0 N–H and O–H groups in total. The molecule has 0 saturated carbocycles. The van der Waals surface area contributed by atoms with Crippen LogP contribution in [-0.4, -0.2) is 20.3 Å². The van der Waals surface area contributed by atoms with E-state index in [1.54, 1.807) is 7.11 Å². The van der Waals surface area contributed by atoms with E-state index in [2.05, 4.69) is 15.9 Å². The molecule has 0 radical (unpaired) electrons. The van der Waals surface area contributed by atoms with Gasteiger partial charge in [0.25, 0.3) is 0 Å². The first-order chi connectivity index (χ1) is 9.85. The van der Waals surface area contributed by atoms with Crippen LogP contribution in [0.25, 0.3) is 0 Å². The Morgan fingerprint density at radius 2 is 1.35 bits per heavy atom. The van der Waals surface area contributed by atoms with E-state index in [1.165, 1.54) is 0 Å². The third-order valence-corrected chi connectivity index (χ3v) is 3.39. The molecule has 0 saturated heterocycles. The zero-order chi connectivity index (χ0) is 14.2. The van der Waals surface area contributed by atoms with Gasteiger partial charge in [-0.2, -0.15) is 0 Å². The molecule has 0 spiro atoms. The summed E-state index contributed by atoms with van der Waals surface area (Å²) in [6.07, 6.45) is 0. The molecule has 0 heterocycles. The number of rotatable bonds is 7. The molecule has 2 aromatic rings. The summed E-state index contributed by atoms with van der Waals surface area (Å²) in [7, 11) is 1.63. The summed E-state index contributed by atoms with van der Waals surface area (Å²) < 4.78 is 16.6.